The number of carbonyl (C=O) groups excluding carboxylic acids is 1. The molecule has 1 aromatic rings. The smallest absolute Gasteiger partial charge is 0.251 e. The summed E-state index contributed by atoms with van der Waals surface area (Å²) >= 11 is 0. The first kappa shape index (κ1) is 14.4. The van der Waals surface area contributed by atoms with Gasteiger partial charge in [0.2, 0.25) is 0 Å². The van der Waals surface area contributed by atoms with Gasteiger partial charge in [-0.1, -0.05) is 6.92 Å². The molecule has 18 heavy (non-hydrogen) atoms. The molecule has 4 nitrogen and oxygen atoms in total. The van der Waals surface area contributed by atoms with Crippen LogP contribution in [0.3, 0.4) is 0 Å². The Morgan fingerprint density at radius 2 is 2.11 bits per heavy atom. The standard InChI is InChI=1S/C13H19FN2O2/c1-3-6-15-7-8-16-13(17)10-4-5-12(18-2)11(14)9-10/h4-5,9,15H,3,6-8H2,1-2H3,(H,16,17). The van der Waals surface area contributed by atoms with Crippen LogP contribution in [0.1, 0.15) is 23.7 Å². The maximum Gasteiger partial charge on any atom is 0.251 e. The number of nitrogens with one attached hydrogen (secondary N) is 2. The summed E-state index contributed by atoms with van der Waals surface area (Å²) < 4.78 is 18.2. The molecule has 2 N–H and O–H groups in total. The van der Waals surface area contributed by atoms with Crippen LogP contribution in [0.5, 0.6) is 5.75 Å². The van der Waals surface area contributed by atoms with Gasteiger partial charge >= 0.3 is 0 Å². The molecule has 0 fully saturated rings. The van der Waals surface area contributed by atoms with E-state index in [4.69, 9.17) is 4.74 Å². The highest BCUT2D eigenvalue weighted by Gasteiger charge is 2.09. The predicted molar refractivity (Wildman–Crippen MR) is 68.4 cm³/mol. The Balaban J connectivity index is 2.44. The Morgan fingerprint density at radius 1 is 1.33 bits per heavy atom. The van der Waals surface area contributed by atoms with Crippen LogP contribution in [0.25, 0.3) is 0 Å². The third-order valence-corrected chi connectivity index (χ3v) is 2.43. The van der Waals surface area contributed by atoms with E-state index in [9.17, 15) is 9.18 Å². The van der Waals surface area contributed by atoms with Gasteiger partial charge in [-0.25, -0.2) is 4.39 Å². The average molecular weight is 254 g/mol. The quantitative estimate of drug-likeness (QED) is 0.726. The highest BCUT2D eigenvalue weighted by atomic mass is 19.1. The lowest BCUT2D eigenvalue weighted by Gasteiger charge is -2.07. The molecule has 0 bridgehead atoms. The Bertz CT molecular complexity index is 397. The van der Waals surface area contributed by atoms with Crippen LogP contribution < -0.4 is 15.4 Å². The molecule has 0 saturated carbocycles. The molecule has 0 spiro atoms. The van der Waals surface area contributed by atoms with Gasteiger partial charge in [-0.15, -0.1) is 0 Å². The molecule has 0 unspecified atom stereocenters. The molecule has 1 amide bonds. The van der Waals surface area contributed by atoms with E-state index >= 15 is 0 Å². The summed E-state index contributed by atoms with van der Waals surface area (Å²) in [6.45, 7) is 4.23. The lowest BCUT2D eigenvalue weighted by molar-refractivity contribution is 0.0953. The fourth-order valence-electron chi connectivity index (χ4n) is 1.48. The van der Waals surface area contributed by atoms with Gasteiger partial charge in [-0.3, -0.25) is 4.79 Å². The molecule has 0 aliphatic heterocycles. The topological polar surface area (TPSA) is 50.4 Å². The summed E-state index contributed by atoms with van der Waals surface area (Å²) in [6.07, 6.45) is 1.05. The summed E-state index contributed by atoms with van der Waals surface area (Å²) in [5.74, 6) is -0.680. The van der Waals surface area contributed by atoms with Crippen molar-refractivity contribution in [2.45, 2.75) is 13.3 Å². The van der Waals surface area contributed by atoms with Gasteiger partial charge in [0.1, 0.15) is 0 Å². The first-order valence-electron chi connectivity index (χ1n) is 6.01. The SMILES string of the molecule is CCCNCCNC(=O)c1ccc(OC)c(F)c1. The highest BCUT2D eigenvalue weighted by molar-refractivity contribution is 5.94. The molecule has 0 atom stereocenters. The van der Waals surface area contributed by atoms with Crippen molar-refractivity contribution in [1.82, 2.24) is 10.6 Å². The van der Waals surface area contributed by atoms with Crippen LogP contribution in [0.4, 0.5) is 4.39 Å². The zero-order chi connectivity index (χ0) is 13.4. The summed E-state index contributed by atoms with van der Waals surface area (Å²) in [4.78, 5) is 11.7. The molecule has 1 rings (SSSR count). The number of carbonyl (C=O) groups is 1. The Kier molecular flexibility index (Phi) is 6.14. The summed E-state index contributed by atoms with van der Waals surface area (Å²) in [7, 11) is 1.39. The van der Waals surface area contributed by atoms with Gasteiger partial charge in [0.05, 0.1) is 7.11 Å². The fraction of sp³-hybridized carbons (Fsp3) is 0.462. The van der Waals surface area contributed by atoms with Crippen LogP contribution in [-0.4, -0.2) is 32.7 Å². The predicted octanol–water partition coefficient (Wildman–Crippen LogP) is 1.56. The fourth-order valence-corrected chi connectivity index (χ4v) is 1.48. The molecule has 0 aromatic heterocycles. The molecular formula is C13H19FN2O2. The number of rotatable bonds is 7. The van der Waals surface area contributed by atoms with Crippen LogP contribution in [0, 0.1) is 5.82 Å². The second-order valence-corrected chi connectivity index (χ2v) is 3.86. The van der Waals surface area contributed by atoms with Crippen molar-refractivity contribution >= 4 is 5.91 Å². The first-order chi connectivity index (χ1) is 8.69. The Labute approximate surface area is 107 Å². The van der Waals surface area contributed by atoms with Crippen LogP contribution in [-0.2, 0) is 0 Å². The first-order valence-corrected chi connectivity index (χ1v) is 6.01. The molecule has 0 saturated heterocycles. The number of methoxy groups -OCH3 is 1. The van der Waals surface area contributed by atoms with Crippen molar-refractivity contribution in [2.75, 3.05) is 26.7 Å². The van der Waals surface area contributed by atoms with Crippen molar-refractivity contribution in [2.24, 2.45) is 0 Å². The van der Waals surface area contributed by atoms with Crippen LogP contribution in [0.15, 0.2) is 18.2 Å². The zero-order valence-electron chi connectivity index (χ0n) is 10.8. The number of hydrogen-bond donors (Lipinski definition) is 2. The van der Waals surface area contributed by atoms with Crippen molar-refractivity contribution in [3.63, 3.8) is 0 Å². The summed E-state index contributed by atoms with van der Waals surface area (Å²) in [5, 5.41) is 5.88. The minimum atomic E-state index is -0.533. The monoisotopic (exact) mass is 254 g/mol. The molecule has 1 aromatic carbocycles. The van der Waals surface area contributed by atoms with E-state index in [1.54, 1.807) is 0 Å². The third kappa shape index (κ3) is 4.33. The van der Waals surface area contributed by atoms with E-state index in [2.05, 4.69) is 17.6 Å². The number of benzene rings is 1. The molecule has 0 heterocycles. The molecule has 100 valence electrons. The lowest BCUT2D eigenvalue weighted by Crippen LogP contribution is -2.32. The summed E-state index contributed by atoms with van der Waals surface area (Å²) in [6, 6.07) is 4.16. The second kappa shape index (κ2) is 7.66. The van der Waals surface area contributed by atoms with E-state index in [1.165, 1.54) is 25.3 Å². The van der Waals surface area contributed by atoms with Crippen LogP contribution >= 0.6 is 0 Å². The second-order valence-electron chi connectivity index (χ2n) is 3.86. The average Bonchev–Trinajstić information content (AvgIpc) is 2.38. The van der Waals surface area contributed by atoms with E-state index in [1.807, 2.05) is 0 Å². The third-order valence-electron chi connectivity index (χ3n) is 2.43. The van der Waals surface area contributed by atoms with Gasteiger partial charge in [0.25, 0.3) is 5.91 Å². The lowest BCUT2D eigenvalue weighted by atomic mass is 10.2. The van der Waals surface area contributed by atoms with E-state index < -0.39 is 5.82 Å². The molecule has 0 radical (unpaired) electrons. The maximum atomic E-state index is 13.4. The Morgan fingerprint density at radius 3 is 2.72 bits per heavy atom. The number of amides is 1. The number of hydrogen-bond acceptors (Lipinski definition) is 3. The van der Waals surface area contributed by atoms with E-state index in [0.29, 0.717) is 18.7 Å². The van der Waals surface area contributed by atoms with E-state index in [-0.39, 0.29) is 11.7 Å². The molecular weight excluding hydrogens is 235 g/mol. The number of ether oxygens (including phenoxy) is 1. The van der Waals surface area contributed by atoms with Gasteiger partial charge in [0, 0.05) is 18.7 Å². The van der Waals surface area contributed by atoms with Gasteiger partial charge in [-0.2, -0.15) is 0 Å². The maximum absolute atomic E-state index is 13.4. The van der Waals surface area contributed by atoms with Gasteiger partial charge in [0.15, 0.2) is 11.6 Å². The molecule has 0 aliphatic rings. The van der Waals surface area contributed by atoms with Crippen molar-refractivity contribution < 1.29 is 13.9 Å². The van der Waals surface area contributed by atoms with Gasteiger partial charge in [-0.05, 0) is 31.2 Å². The highest BCUT2D eigenvalue weighted by Crippen LogP contribution is 2.17. The summed E-state index contributed by atoms with van der Waals surface area (Å²) in [5.41, 5.74) is 0.295. The van der Waals surface area contributed by atoms with Crippen molar-refractivity contribution in [3.8, 4) is 5.75 Å². The minimum absolute atomic E-state index is 0.135. The Hall–Kier alpha value is -1.62. The normalized spacial score (nSPS) is 10.2. The van der Waals surface area contributed by atoms with E-state index in [0.717, 1.165) is 13.0 Å². The number of halogens is 1. The molecule has 0 aliphatic carbocycles. The van der Waals surface area contributed by atoms with Crippen LogP contribution in [0.2, 0.25) is 0 Å². The van der Waals surface area contributed by atoms with Crippen molar-refractivity contribution in [1.29, 1.82) is 0 Å². The largest absolute Gasteiger partial charge is 0.494 e. The minimum Gasteiger partial charge on any atom is -0.494 e. The van der Waals surface area contributed by atoms with Crippen molar-refractivity contribution in [3.05, 3.63) is 29.6 Å². The van der Waals surface area contributed by atoms with Gasteiger partial charge < -0.3 is 15.4 Å². The zero-order valence-corrected chi connectivity index (χ0v) is 10.8. The molecule has 5 heteroatoms.